The molecule has 0 aliphatic rings. The summed E-state index contributed by atoms with van der Waals surface area (Å²) in [4.78, 5) is 16.4. The highest BCUT2D eigenvalue weighted by molar-refractivity contribution is 5.85. The number of aromatic nitrogens is 6. The van der Waals surface area contributed by atoms with Gasteiger partial charge in [0.15, 0.2) is 11.5 Å². The molecule has 0 bridgehead atoms. The molecule has 3 rings (SSSR count). The van der Waals surface area contributed by atoms with Crippen molar-refractivity contribution in [2.24, 2.45) is 7.05 Å². The van der Waals surface area contributed by atoms with Crippen LogP contribution in [-0.2, 0) is 7.05 Å². The van der Waals surface area contributed by atoms with Gasteiger partial charge in [-0.05, 0) is 20.3 Å². The maximum Gasteiger partial charge on any atom is 0.183 e. The number of fused-ring (bicyclic) bond motifs is 1. The third kappa shape index (κ3) is 2.24. The Morgan fingerprint density at radius 1 is 1.29 bits per heavy atom. The first-order valence-electron chi connectivity index (χ1n) is 7.07. The molecule has 0 unspecified atom stereocenters. The third-order valence-electron chi connectivity index (χ3n) is 3.58. The summed E-state index contributed by atoms with van der Waals surface area (Å²) in [5, 5.41) is 7.73. The van der Waals surface area contributed by atoms with E-state index in [1.165, 1.54) is 6.33 Å². The van der Waals surface area contributed by atoms with E-state index in [0.29, 0.717) is 5.65 Å². The predicted octanol–water partition coefficient (Wildman–Crippen LogP) is 2.19. The molecule has 7 heteroatoms. The topological polar surface area (TPSA) is 84.3 Å². The lowest BCUT2D eigenvalue weighted by Crippen LogP contribution is -2.02. The SMILES string of the molecule is CCCNc1ncnc2nc(-c3c(C)nn(C)c3C)[nH]c12. The summed E-state index contributed by atoms with van der Waals surface area (Å²) in [5.41, 5.74) is 4.55. The Bertz CT molecular complexity index is 784. The molecular weight excluding hydrogens is 266 g/mol. The first-order valence-corrected chi connectivity index (χ1v) is 7.07. The third-order valence-corrected chi connectivity index (χ3v) is 3.58. The molecule has 21 heavy (non-hydrogen) atoms. The Morgan fingerprint density at radius 2 is 2.10 bits per heavy atom. The molecule has 7 nitrogen and oxygen atoms in total. The van der Waals surface area contributed by atoms with Gasteiger partial charge >= 0.3 is 0 Å². The van der Waals surface area contributed by atoms with Crippen LogP contribution in [0.1, 0.15) is 24.7 Å². The summed E-state index contributed by atoms with van der Waals surface area (Å²) in [5.74, 6) is 1.58. The Morgan fingerprint density at radius 3 is 2.76 bits per heavy atom. The quantitative estimate of drug-likeness (QED) is 0.767. The highest BCUT2D eigenvalue weighted by Crippen LogP contribution is 2.27. The lowest BCUT2D eigenvalue weighted by molar-refractivity contribution is 0.731. The Kier molecular flexibility index (Phi) is 3.32. The number of aryl methyl sites for hydroxylation is 2. The molecule has 0 radical (unpaired) electrons. The number of aromatic amines is 1. The summed E-state index contributed by atoms with van der Waals surface area (Å²) < 4.78 is 1.86. The minimum Gasteiger partial charge on any atom is -0.368 e. The van der Waals surface area contributed by atoms with Crippen LogP contribution in [-0.4, -0.2) is 36.3 Å². The molecule has 3 heterocycles. The van der Waals surface area contributed by atoms with Crippen LogP contribution in [0.5, 0.6) is 0 Å². The summed E-state index contributed by atoms with van der Waals surface area (Å²) in [6.45, 7) is 7.00. The Balaban J connectivity index is 2.13. The normalized spacial score (nSPS) is 11.2. The summed E-state index contributed by atoms with van der Waals surface area (Å²) in [6.07, 6.45) is 2.57. The van der Waals surface area contributed by atoms with Crippen molar-refractivity contribution in [3.63, 3.8) is 0 Å². The lowest BCUT2D eigenvalue weighted by atomic mass is 10.2. The smallest absolute Gasteiger partial charge is 0.183 e. The van der Waals surface area contributed by atoms with Crippen molar-refractivity contribution in [3.8, 4) is 11.4 Å². The van der Waals surface area contributed by atoms with Crippen LogP contribution in [0, 0.1) is 13.8 Å². The fourth-order valence-electron chi connectivity index (χ4n) is 2.44. The number of nitrogens with one attached hydrogen (secondary N) is 2. The van der Waals surface area contributed by atoms with Crippen LogP contribution in [0.15, 0.2) is 6.33 Å². The minimum atomic E-state index is 0.668. The van der Waals surface area contributed by atoms with E-state index in [4.69, 9.17) is 0 Å². The summed E-state index contributed by atoms with van der Waals surface area (Å²) in [7, 11) is 1.93. The maximum absolute atomic E-state index is 4.59. The number of H-pyrrole nitrogens is 1. The van der Waals surface area contributed by atoms with E-state index in [1.54, 1.807) is 0 Å². The van der Waals surface area contributed by atoms with Gasteiger partial charge in [-0.3, -0.25) is 4.68 Å². The molecule has 3 aromatic heterocycles. The van der Waals surface area contributed by atoms with Crippen LogP contribution in [0.3, 0.4) is 0 Å². The Hall–Kier alpha value is -2.44. The fourth-order valence-corrected chi connectivity index (χ4v) is 2.44. The molecule has 0 atom stereocenters. The van der Waals surface area contributed by atoms with E-state index in [0.717, 1.165) is 47.1 Å². The van der Waals surface area contributed by atoms with Gasteiger partial charge in [-0.2, -0.15) is 5.10 Å². The highest BCUT2D eigenvalue weighted by Gasteiger charge is 2.17. The zero-order valence-corrected chi connectivity index (χ0v) is 12.7. The van der Waals surface area contributed by atoms with Gasteiger partial charge in [0.25, 0.3) is 0 Å². The zero-order valence-electron chi connectivity index (χ0n) is 12.7. The van der Waals surface area contributed by atoms with Gasteiger partial charge < -0.3 is 10.3 Å². The number of imidazole rings is 1. The van der Waals surface area contributed by atoms with Gasteiger partial charge in [0, 0.05) is 19.3 Å². The van der Waals surface area contributed by atoms with Crippen LogP contribution >= 0.6 is 0 Å². The van der Waals surface area contributed by atoms with Crippen LogP contribution in [0.2, 0.25) is 0 Å². The number of anilines is 1. The minimum absolute atomic E-state index is 0.668. The van der Waals surface area contributed by atoms with Crippen molar-refractivity contribution in [3.05, 3.63) is 17.7 Å². The largest absolute Gasteiger partial charge is 0.368 e. The van der Waals surface area contributed by atoms with Gasteiger partial charge in [-0.1, -0.05) is 6.92 Å². The van der Waals surface area contributed by atoms with Crippen molar-refractivity contribution in [2.75, 3.05) is 11.9 Å². The van der Waals surface area contributed by atoms with Crippen LogP contribution < -0.4 is 5.32 Å². The molecular formula is C14H19N7. The average molecular weight is 285 g/mol. The van der Waals surface area contributed by atoms with Gasteiger partial charge in [-0.15, -0.1) is 0 Å². The first kappa shape index (κ1) is 13.5. The molecule has 3 aromatic rings. The van der Waals surface area contributed by atoms with E-state index >= 15 is 0 Å². The van der Waals surface area contributed by atoms with E-state index in [-0.39, 0.29) is 0 Å². The molecule has 0 amide bonds. The molecule has 0 aliphatic heterocycles. The predicted molar refractivity (Wildman–Crippen MR) is 82.1 cm³/mol. The molecule has 0 aromatic carbocycles. The van der Waals surface area contributed by atoms with Crippen molar-refractivity contribution in [1.82, 2.24) is 29.7 Å². The highest BCUT2D eigenvalue weighted by atomic mass is 15.3. The van der Waals surface area contributed by atoms with Gasteiger partial charge in [-0.25, -0.2) is 15.0 Å². The second-order valence-corrected chi connectivity index (χ2v) is 5.10. The summed E-state index contributed by atoms with van der Waals surface area (Å²) in [6, 6.07) is 0. The molecule has 0 saturated heterocycles. The molecule has 0 aliphatic carbocycles. The van der Waals surface area contributed by atoms with Gasteiger partial charge in [0.1, 0.15) is 17.7 Å². The van der Waals surface area contributed by atoms with E-state index < -0.39 is 0 Å². The van der Waals surface area contributed by atoms with Gasteiger partial charge in [0.05, 0.1) is 11.3 Å². The van der Waals surface area contributed by atoms with Gasteiger partial charge in [0.2, 0.25) is 0 Å². The number of hydrogen-bond donors (Lipinski definition) is 2. The first-order chi connectivity index (χ1) is 10.1. The van der Waals surface area contributed by atoms with Crippen molar-refractivity contribution < 1.29 is 0 Å². The fraction of sp³-hybridized carbons (Fsp3) is 0.429. The van der Waals surface area contributed by atoms with Crippen molar-refractivity contribution >= 4 is 17.0 Å². The number of nitrogens with zero attached hydrogens (tertiary/aromatic N) is 5. The lowest BCUT2D eigenvalue weighted by Gasteiger charge is -2.02. The summed E-state index contributed by atoms with van der Waals surface area (Å²) >= 11 is 0. The Labute approximate surface area is 122 Å². The maximum atomic E-state index is 4.59. The van der Waals surface area contributed by atoms with E-state index in [1.807, 2.05) is 25.6 Å². The molecule has 0 saturated carbocycles. The van der Waals surface area contributed by atoms with Crippen molar-refractivity contribution in [1.29, 1.82) is 0 Å². The number of rotatable bonds is 4. The van der Waals surface area contributed by atoms with Crippen LogP contribution in [0.25, 0.3) is 22.6 Å². The molecule has 110 valence electrons. The second-order valence-electron chi connectivity index (χ2n) is 5.10. The molecule has 2 N–H and O–H groups in total. The van der Waals surface area contributed by atoms with E-state index in [2.05, 4.69) is 37.3 Å². The molecule has 0 spiro atoms. The van der Waals surface area contributed by atoms with Crippen molar-refractivity contribution in [2.45, 2.75) is 27.2 Å². The second kappa shape index (κ2) is 5.16. The zero-order chi connectivity index (χ0) is 15.0. The number of hydrogen-bond acceptors (Lipinski definition) is 5. The standard InChI is InChI=1S/C14H19N7/c1-5-6-15-13-11-14(17-7-16-13)19-12(18-11)10-8(2)20-21(4)9(10)3/h7H,5-6H2,1-4H3,(H2,15,16,17,18,19). The molecule has 0 fully saturated rings. The van der Waals surface area contributed by atoms with E-state index in [9.17, 15) is 0 Å². The average Bonchev–Trinajstić information content (AvgIpc) is 2.98. The van der Waals surface area contributed by atoms with Crippen LogP contribution in [0.4, 0.5) is 5.82 Å². The monoisotopic (exact) mass is 285 g/mol.